The number of hydrogen-bond acceptors (Lipinski definition) is 1. The van der Waals surface area contributed by atoms with Crippen LogP contribution in [0.5, 0.6) is 0 Å². The minimum absolute atomic E-state index is 0.732. The Morgan fingerprint density at radius 2 is 2.07 bits per heavy atom. The molecule has 1 aromatic carbocycles. The van der Waals surface area contributed by atoms with Crippen molar-refractivity contribution in [2.45, 2.75) is 32.6 Å². The first-order valence-electron chi connectivity index (χ1n) is 5.49. The molecule has 76 valence electrons. The average molecular weight is 189 g/mol. The third-order valence-electron chi connectivity index (χ3n) is 3.55. The number of benzene rings is 1. The van der Waals surface area contributed by atoms with Gasteiger partial charge in [0.25, 0.3) is 0 Å². The third kappa shape index (κ3) is 1.57. The molecule has 0 spiro atoms. The van der Waals surface area contributed by atoms with E-state index in [9.17, 15) is 0 Å². The summed E-state index contributed by atoms with van der Waals surface area (Å²) in [6, 6.07) is 6.76. The van der Waals surface area contributed by atoms with Crippen molar-refractivity contribution >= 4 is 0 Å². The molecule has 1 aliphatic carbocycles. The minimum atomic E-state index is 0.732. The van der Waals surface area contributed by atoms with E-state index >= 15 is 0 Å². The van der Waals surface area contributed by atoms with Crippen LogP contribution in [0.3, 0.4) is 0 Å². The zero-order valence-corrected chi connectivity index (χ0v) is 9.09. The van der Waals surface area contributed by atoms with Gasteiger partial charge in [0, 0.05) is 0 Å². The molecule has 1 saturated carbocycles. The number of hydrogen-bond donors (Lipinski definition) is 1. The maximum absolute atomic E-state index is 5.75. The molecule has 1 heteroatoms. The summed E-state index contributed by atoms with van der Waals surface area (Å²) in [5.74, 6) is 1.47. The maximum atomic E-state index is 5.75. The molecular weight excluding hydrogens is 170 g/mol. The monoisotopic (exact) mass is 189 g/mol. The molecule has 1 aromatic rings. The van der Waals surface area contributed by atoms with E-state index in [-0.39, 0.29) is 0 Å². The highest BCUT2D eigenvalue weighted by atomic mass is 14.6. The smallest absolute Gasteiger partial charge is 0.00430 e. The van der Waals surface area contributed by atoms with Crippen LogP contribution in [0.4, 0.5) is 0 Å². The van der Waals surface area contributed by atoms with E-state index in [0.717, 1.165) is 18.4 Å². The van der Waals surface area contributed by atoms with Crippen molar-refractivity contribution < 1.29 is 0 Å². The van der Waals surface area contributed by atoms with Gasteiger partial charge in [0.1, 0.15) is 0 Å². The standard InChI is InChI=1S/C13H19N/c1-9-3-4-10(2)13(7-9)12-6-5-11(12)8-14/h3-4,7,11-12H,5-6,8,14H2,1-2H3. The van der Waals surface area contributed by atoms with E-state index in [4.69, 9.17) is 5.73 Å². The van der Waals surface area contributed by atoms with Gasteiger partial charge in [-0.15, -0.1) is 0 Å². The number of aryl methyl sites for hydroxylation is 2. The summed E-state index contributed by atoms with van der Waals surface area (Å²) in [7, 11) is 0. The van der Waals surface area contributed by atoms with Crippen molar-refractivity contribution in [1.82, 2.24) is 0 Å². The number of rotatable bonds is 2. The van der Waals surface area contributed by atoms with E-state index in [2.05, 4.69) is 32.0 Å². The predicted molar refractivity (Wildman–Crippen MR) is 60.4 cm³/mol. The fourth-order valence-electron chi connectivity index (χ4n) is 2.42. The zero-order valence-electron chi connectivity index (χ0n) is 9.09. The Balaban J connectivity index is 2.27. The van der Waals surface area contributed by atoms with E-state index < -0.39 is 0 Å². The van der Waals surface area contributed by atoms with Gasteiger partial charge in [-0.25, -0.2) is 0 Å². The summed E-state index contributed by atoms with van der Waals surface area (Å²) >= 11 is 0. The molecule has 14 heavy (non-hydrogen) atoms. The molecule has 2 rings (SSSR count). The summed E-state index contributed by atoms with van der Waals surface area (Å²) in [6.07, 6.45) is 2.64. The second kappa shape index (κ2) is 3.74. The van der Waals surface area contributed by atoms with Gasteiger partial charge in [-0.2, -0.15) is 0 Å². The second-order valence-electron chi connectivity index (χ2n) is 4.54. The second-order valence-corrected chi connectivity index (χ2v) is 4.54. The highest BCUT2D eigenvalue weighted by Gasteiger charge is 2.31. The molecule has 0 aliphatic heterocycles. The van der Waals surface area contributed by atoms with Gasteiger partial charge in [-0.05, 0) is 56.2 Å². The third-order valence-corrected chi connectivity index (χ3v) is 3.55. The lowest BCUT2D eigenvalue weighted by Gasteiger charge is -2.37. The van der Waals surface area contributed by atoms with Crippen molar-refractivity contribution in [3.63, 3.8) is 0 Å². The lowest BCUT2D eigenvalue weighted by Crippen LogP contribution is -2.31. The maximum Gasteiger partial charge on any atom is -0.00430 e. The quantitative estimate of drug-likeness (QED) is 0.760. The fourth-order valence-corrected chi connectivity index (χ4v) is 2.42. The first-order chi connectivity index (χ1) is 6.72. The predicted octanol–water partition coefficient (Wildman–Crippen LogP) is 2.76. The first-order valence-corrected chi connectivity index (χ1v) is 5.49. The van der Waals surface area contributed by atoms with Crippen LogP contribution >= 0.6 is 0 Å². The van der Waals surface area contributed by atoms with Crippen LogP contribution in [0.15, 0.2) is 18.2 Å². The van der Waals surface area contributed by atoms with Gasteiger partial charge in [0.2, 0.25) is 0 Å². The lowest BCUT2D eigenvalue weighted by atomic mass is 9.69. The Morgan fingerprint density at radius 3 is 2.64 bits per heavy atom. The Hall–Kier alpha value is -0.820. The largest absolute Gasteiger partial charge is 0.330 e. The van der Waals surface area contributed by atoms with Gasteiger partial charge in [0.05, 0.1) is 0 Å². The van der Waals surface area contributed by atoms with Gasteiger partial charge in [-0.3, -0.25) is 0 Å². The topological polar surface area (TPSA) is 26.0 Å². The van der Waals surface area contributed by atoms with Crippen molar-refractivity contribution in [2.24, 2.45) is 11.7 Å². The van der Waals surface area contributed by atoms with Crippen LogP contribution in [0.25, 0.3) is 0 Å². The SMILES string of the molecule is Cc1ccc(C)c(C2CCC2CN)c1. The van der Waals surface area contributed by atoms with Crippen LogP contribution in [0.2, 0.25) is 0 Å². The van der Waals surface area contributed by atoms with Gasteiger partial charge < -0.3 is 5.73 Å². The molecule has 0 saturated heterocycles. The lowest BCUT2D eigenvalue weighted by molar-refractivity contribution is 0.262. The molecule has 0 heterocycles. The molecule has 0 radical (unpaired) electrons. The molecule has 0 aromatic heterocycles. The molecule has 2 N–H and O–H groups in total. The Bertz CT molecular complexity index is 328. The Kier molecular flexibility index (Phi) is 2.60. The van der Waals surface area contributed by atoms with Crippen molar-refractivity contribution in [3.05, 3.63) is 34.9 Å². The molecule has 1 fully saturated rings. The van der Waals surface area contributed by atoms with Crippen LogP contribution in [-0.2, 0) is 0 Å². The van der Waals surface area contributed by atoms with E-state index in [1.54, 1.807) is 0 Å². The van der Waals surface area contributed by atoms with Gasteiger partial charge >= 0.3 is 0 Å². The molecular formula is C13H19N. The molecule has 2 atom stereocenters. The fraction of sp³-hybridized carbons (Fsp3) is 0.538. The van der Waals surface area contributed by atoms with Crippen molar-refractivity contribution in [1.29, 1.82) is 0 Å². The van der Waals surface area contributed by atoms with E-state index in [0.29, 0.717) is 0 Å². The molecule has 2 unspecified atom stereocenters. The van der Waals surface area contributed by atoms with E-state index in [1.165, 1.54) is 29.5 Å². The zero-order chi connectivity index (χ0) is 10.1. The Morgan fingerprint density at radius 1 is 1.29 bits per heavy atom. The van der Waals surface area contributed by atoms with Gasteiger partial charge in [-0.1, -0.05) is 23.8 Å². The van der Waals surface area contributed by atoms with Crippen LogP contribution in [0, 0.1) is 19.8 Å². The normalized spacial score (nSPS) is 25.9. The minimum Gasteiger partial charge on any atom is -0.330 e. The number of nitrogens with two attached hydrogens (primary N) is 1. The molecule has 0 amide bonds. The highest BCUT2D eigenvalue weighted by Crippen LogP contribution is 2.43. The average Bonchev–Trinajstić information content (AvgIpc) is 2.10. The first kappa shape index (κ1) is 9.72. The molecule has 1 aliphatic rings. The summed E-state index contributed by atoms with van der Waals surface area (Å²) in [5.41, 5.74) is 10.1. The van der Waals surface area contributed by atoms with Crippen molar-refractivity contribution in [2.75, 3.05) is 6.54 Å². The van der Waals surface area contributed by atoms with Crippen LogP contribution in [-0.4, -0.2) is 6.54 Å². The van der Waals surface area contributed by atoms with Gasteiger partial charge in [0.15, 0.2) is 0 Å². The summed E-state index contributed by atoms with van der Waals surface area (Å²) < 4.78 is 0. The van der Waals surface area contributed by atoms with Crippen molar-refractivity contribution in [3.8, 4) is 0 Å². The summed E-state index contributed by atoms with van der Waals surface area (Å²) in [5, 5.41) is 0. The molecule has 0 bridgehead atoms. The molecule has 1 nitrogen and oxygen atoms in total. The highest BCUT2D eigenvalue weighted by molar-refractivity contribution is 5.35. The van der Waals surface area contributed by atoms with E-state index in [1.807, 2.05) is 0 Å². The summed E-state index contributed by atoms with van der Waals surface area (Å²) in [6.45, 7) is 5.22. The summed E-state index contributed by atoms with van der Waals surface area (Å²) in [4.78, 5) is 0. The van der Waals surface area contributed by atoms with Crippen LogP contribution in [0.1, 0.15) is 35.4 Å². The Labute approximate surface area is 86.3 Å². The van der Waals surface area contributed by atoms with Crippen LogP contribution < -0.4 is 5.73 Å².